The predicted octanol–water partition coefficient (Wildman–Crippen LogP) is 2.87. The van der Waals surface area contributed by atoms with Gasteiger partial charge in [0.15, 0.2) is 5.76 Å². The van der Waals surface area contributed by atoms with E-state index in [9.17, 15) is 19.7 Å². The molecule has 0 aliphatic heterocycles. The minimum Gasteiger partial charge on any atom is -0.459 e. The lowest BCUT2D eigenvalue weighted by atomic mass is 10.1. The molecule has 0 unspecified atom stereocenters. The molecule has 3 aromatic rings. The molecule has 0 radical (unpaired) electrons. The molecule has 3 rings (SSSR count). The molecule has 142 valence electrons. The first-order chi connectivity index (χ1) is 13.5. The zero-order valence-electron chi connectivity index (χ0n) is 14.5. The van der Waals surface area contributed by atoms with Crippen LogP contribution in [0, 0.1) is 10.1 Å². The molecule has 0 saturated heterocycles. The Labute approximate surface area is 159 Å². The molecule has 9 nitrogen and oxygen atoms in total. The van der Waals surface area contributed by atoms with Crippen LogP contribution < -0.4 is 16.2 Å². The van der Waals surface area contributed by atoms with Crippen LogP contribution in [0.1, 0.15) is 26.5 Å². The van der Waals surface area contributed by atoms with E-state index < -0.39 is 16.7 Å². The Kier molecular flexibility index (Phi) is 5.66. The molecule has 3 N–H and O–H groups in total. The largest absolute Gasteiger partial charge is 0.459 e. The van der Waals surface area contributed by atoms with Crippen LogP contribution in [-0.4, -0.2) is 16.7 Å². The van der Waals surface area contributed by atoms with Crippen molar-refractivity contribution in [3.63, 3.8) is 0 Å². The Bertz CT molecular complexity index is 987. The third kappa shape index (κ3) is 4.52. The quantitative estimate of drug-likeness (QED) is 0.446. The van der Waals surface area contributed by atoms with Gasteiger partial charge in [0.25, 0.3) is 11.6 Å². The molecular weight excluding hydrogens is 364 g/mol. The number of nitrogens with one attached hydrogen (secondary N) is 3. The van der Waals surface area contributed by atoms with Crippen molar-refractivity contribution in [2.24, 2.45) is 0 Å². The molecule has 1 aromatic heterocycles. The van der Waals surface area contributed by atoms with Gasteiger partial charge in [0.05, 0.1) is 11.2 Å². The van der Waals surface area contributed by atoms with Crippen LogP contribution in [0.2, 0.25) is 0 Å². The molecule has 0 fully saturated rings. The van der Waals surface area contributed by atoms with Crippen LogP contribution in [0.15, 0.2) is 71.3 Å². The highest BCUT2D eigenvalue weighted by molar-refractivity contribution is 5.98. The lowest BCUT2D eigenvalue weighted by Crippen LogP contribution is -2.41. The fourth-order valence-corrected chi connectivity index (χ4v) is 2.42. The molecule has 0 atom stereocenters. The maximum atomic E-state index is 12.2. The van der Waals surface area contributed by atoms with Crippen molar-refractivity contribution in [3.05, 3.63) is 93.9 Å². The number of rotatable bonds is 6. The van der Waals surface area contributed by atoms with Crippen molar-refractivity contribution in [2.45, 2.75) is 6.54 Å². The number of nitro groups is 1. The summed E-state index contributed by atoms with van der Waals surface area (Å²) < 4.78 is 4.90. The van der Waals surface area contributed by atoms with E-state index in [-0.39, 0.29) is 22.7 Å². The topological polar surface area (TPSA) is 127 Å². The van der Waals surface area contributed by atoms with E-state index in [1.165, 1.54) is 30.5 Å². The van der Waals surface area contributed by atoms with Gasteiger partial charge in [0, 0.05) is 18.2 Å². The van der Waals surface area contributed by atoms with Crippen LogP contribution in [0.3, 0.4) is 0 Å². The first-order valence-corrected chi connectivity index (χ1v) is 8.25. The van der Waals surface area contributed by atoms with Gasteiger partial charge in [-0.1, -0.05) is 30.3 Å². The van der Waals surface area contributed by atoms with Crippen LogP contribution in [0.25, 0.3) is 0 Å². The van der Waals surface area contributed by atoms with Gasteiger partial charge < -0.3 is 9.73 Å². The molecule has 0 spiro atoms. The Morgan fingerprint density at radius 1 is 0.964 bits per heavy atom. The van der Waals surface area contributed by atoms with Gasteiger partial charge in [0.1, 0.15) is 5.69 Å². The van der Waals surface area contributed by atoms with Gasteiger partial charge in [0.2, 0.25) is 0 Å². The maximum absolute atomic E-state index is 12.2. The third-order valence-electron chi connectivity index (χ3n) is 3.82. The first kappa shape index (κ1) is 18.6. The number of nitro benzene ring substituents is 1. The minimum atomic E-state index is -0.697. The highest BCUT2D eigenvalue weighted by Crippen LogP contribution is 2.26. The number of benzene rings is 2. The molecule has 28 heavy (non-hydrogen) atoms. The molecule has 0 aliphatic rings. The molecule has 0 aliphatic carbocycles. The SMILES string of the molecule is O=C(NNC(=O)c1ccco1)c1ccc(NCc2ccccc2)c([N+](=O)[O-])c1. The van der Waals surface area contributed by atoms with Crippen molar-refractivity contribution in [3.8, 4) is 0 Å². The summed E-state index contributed by atoms with van der Waals surface area (Å²) in [5.74, 6) is -1.32. The Hall–Kier alpha value is -4.14. The van der Waals surface area contributed by atoms with Crippen molar-refractivity contribution in [1.29, 1.82) is 0 Å². The van der Waals surface area contributed by atoms with Crippen LogP contribution in [-0.2, 0) is 6.54 Å². The van der Waals surface area contributed by atoms with E-state index in [4.69, 9.17) is 4.42 Å². The summed E-state index contributed by atoms with van der Waals surface area (Å²) in [6.07, 6.45) is 1.32. The standard InChI is InChI=1S/C19H16N4O5/c24-18(21-22-19(25)17-7-4-10-28-17)14-8-9-15(16(11-14)23(26)27)20-12-13-5-2-1-3-6-13/h1-11,20H,12H2,(H,21,24)(H,22,25). The van der Waals surface area contributed by atoms with Gasteiger partial charge in [-0.2, -0.15) is 0 Å². The monoisotopic (exact) mass is 380 g/mol. The number of carbonyl (C=O) groups is 2. The zero-order chi connectivity index (χ0) is 19.9. The van der Waals surface area contributed by atoms with Gasteiger partial charge in [-0.05, 0) is 29.8 Å². The number of hydrogen-bond donors (Lipinski definition) is 3. The number of furan rings is 1. The van der Waals surface area contributed by atoms with E-state index >= 15 is 0 Å². The second-order valence-electron chi connectivity index (χ2n) is 5.71. The summed E-state index contributed by atoms with van der Waals surface area (Å²) in [5, 5.41) is 14.4. The summed E-state index contributed by atoms with van der Waals surface area (Å²) in [7, 11) is 0. The summed E-state index contributed by atoms with van der Waals surface area (Å²) in [5.41, 5.74) is 5.38. The second kappa shape index (κ2) is 8.49. The number of anilines is 1. The second-order valence-corrected chi connectivity index (χ2v) is 5.71. The van der Waals surface area contributed by atoms with Crippen molar-refractivity contribution >= 4 is 23.2 Å². The van der Waals surface area contributed by atoms with E-state index in [2.05, 4.69) is 16.2 Å². The predicted molar refractivity (Wildman–Crippen MR) is 101 cm³/mol. The molecular formula is C19H16N4O5. The fourth-order valence-electron chi connectivity index (χ4n) is 2.42. The summed E-state index contributed by atoms with van der Waals surface area (Å²) >= 11 is 0. The van der Waals surface area contributed by atoms with Crippen molar-refractivity contribution in [1.82, 2.24) is 10.9 Å². The van der Waals surface area contributed by atoms with Gasteiger partial charge >= 0.3 is 5.91 Å². The number of hydrazine groups is 1. The molecule has 0 saturated carbocycles. The summed E-state index contributed by atoms with van der Waals surface area (Å²) in [4.78, 5) is 34.7. The smallest absolute Gasteiger partial charge is 0.305 e. The van der Waals surface area contributed by atoms with Crippen LogP contribution >= 0.6 is 0 Å². The number of hydrogen-bond acceptors (Lipinski definition) is 6. The number of carbonyl (C=O) groups excluding carboxylic acids is 2. The van der Waals surface area contributed by atoms with Gasteiger partial charge in [-0.25, -0.2) is 0 Å². The fraction of sp³-hybridized carbons (Fsp3) is 0.0526. The average Bonchev–Trinajstić information content (AvgIpc) is 3.26. The van der Waals surface area contributed by atoms with Crippen LogP contribution in [0.5, 0.6) is 0 Å². The first-order valence-electron chi connectivity index (χ1n) is 8.25. The minimum absolute atomic E-state index is 0.0201. The molecule has 1 heterocycles. The maximum Gasteiger partial charge on any atom is 0.305 e. The Balaban J connectivity index is 1.68. The molecule has 0 bridgehead atoms. The zero-order valence-corrected chi connectivity index (χ0v) is 14.5. The molecule has 2 aromatic carbocycles. The average molecular weight is 380 g/mol. The van der Waals surface area contributed by atoms with E-state index in [1.807, 2.05) is 30.3 Å². The Morgan fingerprint density at radius 2 is 1.71 bits per heavy atom. The normalized spacial score (nSPS) is 10.1. The lowest BCUT2D eigenvalue weighted by molar-refractivity contribution is -0.384. The van der Waals surface area contributed by atoms with Crippen molar-refractivity contribution in [2.75, 3.05) is 5.32 Å². The van der Waals surface area contributed by atoms with Gasteiger partial charge in [-0.15, -0.1) is 0 Å². The highest BCUT2D eigenvalue weighted by Gasteiger charge is 2.18. The summed E-state index contributed by atoms with van der Waals surface area (Å²) in [6.45, 7) is 0.395. The van der Waals surface area contributed by atoms with E-state index in [0.717, 1.165) is 11.6 Å². The number of nitrogens with zero attached hydrogens (tertiary/aromatic N) is 1. The van der Waals surface area contributed by atoms with Crippen molar-refractivity contribution < 1.29 is 18.9 Å². The van der Waals surface area contributed by atoms with E-state index in [0.29, 0.717) is 6.54 Å². The summed E-state index contributed by atoms with van der Waals surface area (Å²) in [6, 6.07) is 16.4. The molecule has 2 amide bonds. The third-order valence-corrected chi connectivity index (χ3v) is 3.82. The lowest BCUT2D eigenvalue weighted by Gasteiger charge is -2.10. The highest BCUT2D eigenvalue weighted by atomic mass is 16.6. The Morgan fingerprint density at radius 3 is 2.39 bits per heavy atom. The molecule has 9 heteroatoms. The van der Waals surface area contributed by atoms with Crippen LogP contribution in [0.4, 0.5) is 11.4 Å². The van der Waals surface area contributed by atoms with E-state index in [1.54, 1.807) is 0 Å². The van der Waals surface area contributed by atoms with Gasteiger partial charge in [-0.3, -0.25) is 30.6 Å². The number of amides is 2.